The van der Waals surface area contributed by atoms with Crippen molar-refractivity contribution in [2.45, 2.75) is 11.8 Å². The standard InChI is InChI=1S/C18H21N5O6S/c1-12-4-7-14(8-5-12)30(28,29)22(3)11-17(24)20-21-18(25)13-6-9-15(19-2)16(10-13)23(26)27/h4-10,19H,11H2,1-3H3,(H,20,24)(H,21,25). The van der Waals surface area contributed by atoms with Crippen LogP contribution in [0.4, 0.5) is 11.4 Å². The number of anilines is 1. The van der Waals surface area contributed by atoms with Gasteiger partial charge >= 0.3 is 0 Å². The smallest absolute Gasteiger partial charge is 0.293 e. The predicted molar refractivity (Wildman–Crippen MR) is 109 cm³/mol. The minimum absolute atomic E-state index is 0.0318. The maximum Gasteiger partial charge on any atom is 0.293 e. The van der Waals surface area contributed by atoms with Crippen molar-refractivity contribution in [2.75, 3.05) is 26.0 Å². The lowest BCUT2D eigenvalue weighted by Crippen LogP contribution is -2.46. The highest BCUT2D eigenvalue weighted by Gasteiger charge is 2.23. The molecule has 0 heterocycles. The summed E-state index contributed by atoms with van der Waals surface area (Å²) >= 11 is 0. The Labute approximate surface area is 173 Å². The van der Waals surface area contributed by atoms with E-state index in [1.807, 2.05) is 6.92 Å². The number of hydrazine groups is 1. The van der Waals surface area contributed by atoms with Gasteiger partial charge in [0.1, 0.15) is 5.69 Å². The minimum atomic E-state index is -3.89. The predicted octanol–water partition coefficient (Wildman–Crippen LogP) is 1.03. The van der Waals surface area contributed by atoms with Crippen molar-refractivity contribution < 1.29 is 22.9 Å². The fourth-order valence-corrected chi connectivity index (χ4v) is 3.58. The van der Waals surface area contributed by atoms with E-state index in [1.54, 1.807) is 12.1 Å². The largest absolute Gasteiger partial charge is 0.383 e. The van der Waals surface area contributed by atoms with Crippen LogP contribution in [0.15, 0.2) is 47.4 Å². The van der Waals surface area contributed by atoms with E-state index in [-0.39, 0.29) is 21.8 Å². The summed E-state index contributed by atoms with van der Waals surface area (Å²) in [6.45, 7) is 1.27. The average molecular weight is 435 g/mol. The molecule has 0 radical (unpaired) electrons. The second-order valence-corrected chi connectivity index (χ2v) is 8.36. The molecule has 0 saturated heterocycles. The van der Waals surface area contributed by atoms with Gasteiger partial charge in [0.05, 0.1) is 16.4 Å². The van der Waals surface area contributed by atoms with Crippen molar-refractivity contribution in [1.29, 1.82) is 0 Å². The number of sulfonamides is 1. The molecule has 3 N–H and O–H groups in total. The summed E-state index contributed by atoms with van der Waals surface area (Å²) in [4.78, 5) is 34.7. The van der Waals surface area contributed by atoms with Crippen molar-refractivity contribution in [3.63, 3.8) is 0 Å². The molecule has 0 aromatic heterocycles. The van der Waals surface area contributed by atoms with E-state index in [1.165, 1.54) is 38.4 Å². The van der Waals surface area contributed by atoms with E-state index < -0.39 is 33.3 Å². The first-order valence-electron chi connectivity index (χ1n) is 8.64. The highest BCUT2D eigenvalue weighted by Crippen LogP contribution is 2.24. The third kappa shape index (κ3) is 5.30. The van der Waals surface area contributed by atoms with Crippen molar-refractivity contribution >= 4 is 33.2 Å². The summed E-state index contributed by atoms with van der Waals surface area (Å²) in [5.41, 5.74) is 4.95. The van der Waals surface area contributed by atoms with Gasteiger partial charge in [-0.2, -0.15) is 4.31 Å². The molecule has 12 heteroatoms. The molecule has 0 aliphatic carbocycles. The highest BCUT2D eigenvalue weighted by atomic mass is 32.2. The molecule has 2 aromatic carbocycles. The number of rotatable bonds is 7. The van der Waals surface area contributed by atoms with E-state index in [9.17, 15) is 28.1 Å². The number of aryl methyl sites for hydroxylation is 1. The lowest BCUT2D eigenvalue weighted by atomic mass is 10.1. The number of nitrogens with one attached hydrogen (secondary N) is 3. The van der Waals surface area contributed by atoms with Crippen LogP contribution in [0.1, 0.15) is 15.9 Å². The molecular formula is C18H21N5O6S. The van der Waals surface area contributed by atoms with E-state index in [4.69, 9.17) is 0 Å². The van der Waals surface area contributed by atoms with Crippen LogP contribution in [0, 0.1) is 17.0 Å². The van der Waals surface area contributed by atoms with Gasteiger partial charge in [0, 0.05) is 25.7 Å². The topological polar surface area (TPSA) is 151 Å². The molecule has 2 aromatic rings. The zero-order valence-corrected chi connectivity index (χ0v) is 17.3. The van der Waals surface area contributed by atoms with Crippen molar-refractivity contribution in [3.8, 4) is 0 Å². The number of carbonyl (C=O) groups excluding carboxylic acids is 2. The van der Waals surface area contributed by atoms with Crippen LogP contribution >= 0.6 is 0 Å². The van der Waals surface area contributed by atoms with Crippen LogP contribution in [-0.2, 0) is 14.8 Å². The SMILES string of the molecule is CNc1ccc(C(=O)NNC(=O)CN(C)S(=O)(=O)c2ccc(C)cc2)cc1[N+](=O)[O-]. The van der Waals surface area contributed by atoms with Gasteiger partial charge in [-0.1, -0.05) is 17.7 Å². The molecule has 0 bridgehead atoms. The molecule has 0 aliphatic heterocycles. The normalized spacial score (nSPS) is 11.1. The van der Waals surface area contributed by atoms with Gasteiger partial charge < -0.3 is 5.32 Å². The zero-order chi connectivity index (χ0) is 22.5. The fourth-order valence-electron chi connectivity index (χ4n) is 2.45. The number of likely N-dealkylation sites (N-methyl/N-ethyl adjacent to an activating group) is 1. The molecule has 2 amide bonds. The molecule has 0 fully saturated rings. The third-order valence-corrected chi connectivity index (χ3v) is 5.95. The number of hydrogen-bond acceptors (Lipinski definition) is 7. The van der Waals surface area contributed by atoms with Crippen LogP contribution in [0.25, 0.3) is 0 Å². The molecule has 0 unspecified atom stereocenters. The van der Waals surface area contributed by atoms with Crippen LogP contribution < -0.4 is 16.2 Å². The summed E-state index contributed by atoms with van der Waals surface area (Å²) in [6, 6.07) is 9.90. The van der Waals surface area contributed by atoms with E-state index in [0.29, 0.717) is 0 Å². The minimum Gasteiger partial charge on any atom is -0.383 e. The Hall–Kier alpha value is -3.51. The molecule has 30 heavy (non-hydrogen) atoms. The first-order valence-corrected chi connectivity index (χ1v) is 10.1. The van der Waals surface area contributed by atoms with Crippen LogP contribution in [0.3, 0.4) is 0 Å². The lowest BCUT2D eigenvalue weighted by Gasteiger charge is -2.17. The number of hydrogen-bond donors (Lipinski definition) is 3. The number of nitro benzene ring substituents is 1. The molecule has 0 saturated carbocycles. The van der Waals surface area contributed by atoms with Gasteiger partial charge in [-0.05, 0) is 31.2 Å². The Morgan fingerprint density at radius 3 is 2.30 bits per heavy atom. The molecule has 11 nitrogen and oxygen atoms in total. The molecular weight excluding hydrogens is 414 g/mol. The van der Waals surface area contributed by atoms with Gasteiger partial charge in [0.2, 0.25) is 10.0 Å². The Bertz CT molecular complexity index is 1070. The monoisotopic (exact) mass is 435 g/mol. The van der Waals surface area contributed by atoms with Crippen LogP contribution in [0.5, 0.6) is 0 Å². The second-order valence-electron chi connectivity index (χ2n) is 6.32. The fraction of sp³-hybridized carbons (Fsp3) is 0.222. The van der Waals surface area contributed by atoms with Gasteiger partial charge in [0.25, 0.3) is 17.5 Å². The molecule has 0 spiro atoms. The van der Waals surface area contributed by atoms with Crippen LogP contribution in [0.2, 0.25) is 0 Å². The zero-order valence-electron chi connectivity index (χ0n) is 16.5. The summed E-state index contributed by atoms with van der Waals surface area (Å²) in [5, 5.41) is 13.7. The Morgan fingerprint density at radius 2 is 1.73 bits per heavy atom. The highest BCUT2D eigenvalue weighted by molar-refractivity contribution is 7.89. The molecule has 0 atom stereocenters. The molecule has 160 valence electrons. The summed E-state index contributed by atoms with van der Waals surface area (Å²) < 4.78 is 25.8. The Kier molecular flexibility index (Phi) is 7.08. The first kappa shape index (κ1) is 22.8. The molecule has 0 aliphatic rings. The van der Waals surface area contributed by atoms with E-state index in [0.717, 1.165) is 15.9 Å². The maximum atomic E-state index is 12.5. The average Bonchev–Trinajstić information content (AvgIpc) is 2.71. The first-order chi connectivity index (χ1) is 14.1. The number of nitro groups is 1. The maximum absolute atomic E-state index is 12.5. The number of carbonyl (C=O) groups is 2. The summed E-state index contributed by atoms with van der Waals surface area (Å²) in [6.07, 6.45) is 0. The number of amides is 2. The quantitative estimate of drug-likeness (QED) is 0.434. The summed E-state index contributed by atoms with van der Waals surface area (Å²) in [5.74, 6) is -1.58. The lowest BCUT2D eigenvalue weighted by molar-refractivity contribution is -0.384. The van der Waals surface area contributed by atoms with Gasteiger partial charge in [-0.3, -0.25) is 30.6 Å². The van der Waals surface area contributed by atoms with Gasteiger partial charge in [-0.25, -0.2) is 8.42 Å². The van der Waals surface area contributed by atoms with Crippen LogP contribution in [-0.4, -0.2) is 50.1 Å². The number of nitrogens with zero attached hydrogens (tertiary/aromatic N) is 2. The van der Waals surface area contributed by atoms with Crippen molar-refractivity contribution in [1.82, 2.24) is 15.2 Å². The van der Waals surface area contributed by atoms with E-state index in [2.05, 4.69) is 16.2 Å². The third-order valence-electron chi connectivity index (χ3n) is 4.14. The Morgan fingerprint density at radius 1 is 1.10 bits per heavy atom. The summed E-state index contributed by atoms with van der Waals surface area (Å²) in [7, 11) is -1.15. The van der Waals surface area contributed by atoms with Crippen molar-refractivity contribution in [2.24, 2.45) is 0 Å². The second kappa shape index (κ2) is 9.33. The van der Waals surface area contributed by atoms with Crippen molar-refractivity contribution in [3.05, 3.63) is 63.7 Å². The molecule has 2 rings (SSSR count). The van der Waals surface area contributed by atoms with E-state index >= 15 is 0 Å². The number of benzene rings is 2. The Balaban J connectivity index is 2.00. The van der Waals surface area contributed by atoms with Gasteiger partial charge in [-0.15, -0.1) is 0 Å². The van der Waals surface area contributed by atoms with Gasteiger partial charge in [0.15, 0.2) is 0 Å².